The first-order valence-corrected chi connectivity index (χ1v) is 9.37. The van der Waals surface area contributed by atoms with Crippen molar-refractivity contribution in [3.8, 4) is 5.75 Å². The molecule has 8 heteroatoms. The van der Waals surface area contributed by atoms with Gasteiger partial charge in [-0.2, -0.15) is 0 Å². The number of ether oxygens (including phenoxy) is 3. The van der Waals surface area contributed by atoms with Crippen LogP contribution in [0.3, 0.4) is 0 Å². The quantitative estimate of drug-likeness (QED) is 0.792. The van der Waals surface area contributed by atoms with E-state index >= 15 is 0 Å². The SMILES string of the molecule is COc1ccc(Cl)cc1NC(=O)C(C)(C)C(=O)N1CCC2(CC1)OCCO2. The van der Waals surface area contributed by atoms with Gasteiger partial charge in [-0.05, 0) is 32.0 Å². The first-order chi connectivity index (χ1) is 12.8. The lowest BCUT2D eigenvalue weighted by atomic mass is 9.88. The molecule has 3 rings (SSSR count). The summed E-state index contributed by atoms with van der Waals surface area (Å²) in [5.41, 5.74) is -0.809. The van der Waals surface area contributed by atoms with Crippen molar-refractivity contribution >= 4 is 29.1 Å². The normalized spacial score (nSPS) is 19.2. The van der Waals surface area contributed by atoms with Crippen molar-refractivity contribution in [2.75, 3.05) is 38.7 Å². The lowest BCUT2D eigenvalue weighted by molar-refractivity contribution is -0.189. The van der Waals surface area contributed by atoms with Crippen LogP contribution < -0.4 is 10.1 Å². The van der Waals surface area contributed by atoms with Crippen molar-refractivity contribution in [3.63, 3.8) is 0 Å². The van der Waals surface area contributed by atoms with E-state index in [1.54, 1.807) is 36.9 Å². The molecule has 0 aromatic heterocycles. The molecule has 1 N–H and O–H groups in total. The van der Waals surface area contributed by atoms with Gasteiger partial charge in [0.15, 0.2) is 5.79 Å². The third-order valence-electron chi connectivity index (χ3n) is 5.14. The first kappa shape index (κ1) is 19.9. The Balaban J connectivity index is 1.67. The first-order valence-electron chi connectivity index (χ1n) is 9.00. The minimum atomic E-state index is -1.24. The summed E-state index contributed by atoms with van der Waals surface area (Å²) in [4.78, 5) is 27.5. The summed E-state index contributed by atoms with van der Waals surface area (Å²) in [6.07, 6.45) is 1.22. The zero-order valence-electron chi connectivity index (χ0n) is 15.8. The summed E-state index contributed by atoms with van der Waals surface area (Å²) in [6.45, 7) is 5.40. The molecule has 0 unspecified atom stereocenters. The van der Waals surface area contributed by atoms with Crippen LogP contribution in [-0.2, 0) is 19.1 Å². The molecule has 148 valence electrons. The van der Waals surface area contributed by atoms with Gasteiger partial charge < -0.3 is 24.4 Å². The highest BCUT2D eigenvalue weighted by atomic mass is 35.5. The number of anilines is 1. The second kappa shape index (κ2) is 7.66. The molecule has 1 spiro atoms. The van der Waals surface area contributed by atoms with Crippen molar-refractivity contribution in [2.24, 2.45) is 5.41 Å². The van der Waals surface area contributed by atoms with Gasteiger partial charge in [-0.25, -0.2) is 0 Å². The number of rotatable bonds is 4. The minimum absolute atomic E-state index is 0.228. The molecule has 0 radical (unpaired) electrons. The Hall–Kier alpha value is -1.83. The average molecular weight is 397 g/mol. The standard InChI is InChI=1S/C19H25ClN2O5/c1-18(2,16(23)21-14-12-13(20)4-5-15(14)25-3)17(24)22-8-6-19(7-9-22)26-10-11-27-19/h4-5,12H,6-11H2,1-3H3,(H,21,23). The molecule has 27 heavy (non-hydrogen) atoms. The fourth-order valence-corrected chi connectivity index (χ4v) is 3.56. The van der Waals surface area contributed by atoms with Gasteiger partial charge in [0, 0.05) is 31.0 Å². The number of nitrogens with zero attached hydrogens (tertiary/aromatic N) is 1. The smallest absolute Gasteiger partial charge is 0.239 e. The number of methoxy groups -OCH3 is 1. The van der Waals surface area contributed by atoms with Gasteiger partial charge in [0.05, 0.1) is 26.0 Å². The maximum Gasteiger partial charge on any atom is 0.239 e. The highest BCUT2D eigenvalue weighted by Crippen LogP contribution is 2.34. The molecule has 2 fully saturated rings. The fourth-order valence-electron chi connectivity index (χ4n) is 3.39. The second-order valence-corrected chi connectivity index (χ2v) is 7.76. The second-order valence-electron chi connectivity index (χ2n) is 7.32. The van der Waals surface area contributed by atoms with E-state index in [2.05, 4.69) is 5.32 Å². The molecule has 0 aliphatic carbocycles. The molecule has 2 amide bonds. The molecule has 1 aromatic carbocycles. The van der Waals surface area contributed by atoms with E-state index in [1.807, 2.05) is 0 Å². The summed E-state index contributed by atoms with van der Waals surface area (Å²) < 4.78 is 16.6. The minimum Gasteiger partial charge on any atom is -0.495 e. The lowest BCUT2D eigenvalue weighted by Crippen LogP contribution is -2.53. The maximum absolute atomic E-state index is 13.0. The number of benzene rings is 1. The number of amides is 2. The Kier molecular flexibility index (Phi) is 5.65. The maximum atomic E-state index is 13.0. The van der Waals surface area contributed by atoms with Gasteiger partial charge in [-0.3, -0.25) is 9.59 Å². The molecular formula is C19H25ClN2O5. The third kappa shape index (κ3) is 4.05. The summed E-state index contributed by atoms with van der Waals surface area (Å²) in [5.74, 6) is -0.723. The third-order valence-corrected chi connectivity index (χ3v) is 5.37. The molecule has 2 aliphatic heterocycles. The van der Waals surface area contributed by atoms with E-state index in [0.29, 0.717) is 55.6 Å². The van der Waals surface area contributed by atoms with Crippen LogP contribution in [0.4, 0.5) is 5.69 Å². The molecule has 0 bridgehead atoms. The van der Waals surface area contributed by atoms with Crippen molar-refractivity contribution in [1.82, 2.24) is 4.90 Å². The topological polar surface area (TPSA) is 77.1 Å². The Labute approximate surface area is 163 Å². The van der Waals surface area contributed by atoms with Crippen LogP contribution in [0.5, 0.6) is 5.75 Å². The summed E-state index contributed by atoms with van der Waals surface area (Å²) in [5, 5.41) is 3.23. The molecule has 0 atom stereocenters. The number of hydrogen-bond acceptors (Lipinski definition) is 5. The van der Waals surface area contributed by atoms with Gasteiger partial charge >= 0.3 is 0 Å². The van der Waals surface area contributed by atoms with Gasteiger partial charge in [0.25, 0.3) is 0 Å². The fraction of sp³-hybridized carbons (Fsp3) is 0.579. The van der Waals surface area contributed by atoms with Crippen LogP contribution in [0.15, 0.2) is 18.2 Å². The summed E-state index contributed by atoms with van der Waals surface area (Å²) in [6, 6.07) is 4.93. The number of nitrogens with one attached hydrogen (secondary N) is 1. The van der Waals surface area contributed by atoms with Crippen molar-refractivity contribution < 1.29 is 23.8 Å². The van der Waals surface area contributed by atoms with Gasteiger partial charge in [0.2, 0.25) is 11.8 Å². The Bertz CT molecular complexity index is 721. The zero-order valence-corrected chi connectivity index (χ0v) is 16.6. The Morgan fingerprint density at radius 1 is 1.22 bits per heavy atom. The van der Waals surface area contributed by atoms with Crippen LogP contribution in [0, 0.1) is 5.41 Å². The van der Waals surface area contributed by atoms with Gasteiger partial charge in [-0.15, -0.1) is 0 Å². The number of halogens is 1. The molecule has 0 saturated carbocycles. The van der Waals surface area contributed by atoms with Crippen molar-refractivity contribution in [2.45, 2.75) is 32.5 Å². The largest absolute Gasteiger partial charge is 0.495 e. The average Bonchev–Trinajstić information content (AvgIpc) is 3.10. The molecule has 2 saturated heterocycles. The summed E-state index contributed by atoms with van der Waals surface area (Å²) in [7, 11) is 1.51. The molecule has 7 nitrogen and oxygen atoms in total. The van der Waals surface area contributed by atoms with E-state index in [0.717, 1.165) is 0 Å². The molecule has 1 aromatic rings. The van der Waals surface area contributed by atoms with E-state index in [9.17, 15) is 9.59 Å². The zero-order chi connectivity index (χ0) is 19.7. The predicted octanol–water partition coefficient (Wildman–Crippen LogP) is 2.68. The van der Waals surface area contributed by atoms with E-state index in [1.165, 1.54) is 7.11 Å². The number of hydrogen-bond donors (Lipinski definition) is 1. The molecular weight excluding hydrogens is 372 g/mol. The highest BCUT2D eigenvalue weighted by Gasteiger charge is 2.45. The monoisotopic (exact) mass is 396 g/mol. The highest BCUT2D eigenvalue weighted by molar-refractivity contribution is 6.31. The molecule has 2 heterocycles. The van der Waals surface area contributed by atoms with Crippen LogP contribution in [0.2, 0.25) is 5.02 Å². The number of piperidine rings is 1. The number of carbonyl (C=O) groups excluding carboxylic acids is 2. The van der Waals surface area contributed by atoms with Crippen molar-refractivity contribution in [1.29, 1.82) is 0 Å². The predicted molar refractivity (Wildman–Crippen MR) is 101 cm³/mol. The molecule has 2 aliphatic rings. The van der Waals surface area contributed by atoms with Crippen LogP contribution in [-0.4, -0.2) is 55.9 Å². The summed E-state index contributed by atoms with van der Waals surface area (Å²) >= 11 is 6.01. The Morgan fingerprint density at radius 2 is 1.85 bits per heavy atom. The number of likely N-dealkylation sites (tertiary alicyclic amines) is 1. The lowest BCUT2D eigenvalue weighted by Gasteiger charge is -2.40. The Morgan fingerprint density at radius 3 is 2.44 bits per heavy atom. The van der Waals surface area contributed by atoms with E-state index in [4.69, 9.17) is 25.8 Å². The van der Waals surface area contributed by atoms with Crippen molar-refractivity contribution in [3.05, 3.63) is 23.2 Å². The van der Waals surface area contributed by atoms with Crippen LogP contribution in [0.25, 0.3) is 0 Å². The van der Waals surface area contributed by atoms with Crippen LogP contribution in [0.1, 0.15) is 26.7 Å². The van der Waals surface area contributed by atoms with Gasteiger partial charge in [0.1, 0.15) is 11.2 Å². The van der Waals surface area contributed by atoms with Crippen LogP contribution >= 0.6 is 11.6 Å². The van der Waals surface area contributed by atoms with Gasteiger partial charge in [-0.1, -0.05) is 11.6 Å². The van der Waals surface area contributed by atoms with E-state index < -0.39 is 17.1 Å². The van der Waals surface area contributed by atoms with E-state index in [-0.39, 0.29) is 5.91 Å². The number of carbonyl (C=O) groups is 2.